The number of H-pyrrole nitrogens is 1. The van der Waals surface area contributed by atoms with E-state index in [1.807, 2.05) is 13.8 Å². The number of aromatic nitrogens is 2. The summed E-state index contributed by atoms with van der Waals surface area (Å²) in [5.41, 5.74) is 1.39. The van der Waals surface area contributed by atoms with Gasteiger partial charge in [-0.05, 0) is 50.2 Å². The van der Waals surface area contributed by atoms with Crippen molar-refractivity contribution in [3.05, 3.63) is 93.6 Å². The molecule has 3 nitrogen and oxygen atoms in total. The predicted molar refractivity (Wildman–Crippen MR) is 120 cm³/mol. The molecule has 1 N–H and O–H groups in total. The molecule has 8 heteroatoms. The van der Waals surface area contributed by atoms with Gasteiger partial charge in [-0.15, -0.1) is 0 Å². The van der Waals surface area contributed by atoms with Crippen LogP contribution in [-0.4, -0.2) is 9.97 Å². The summed E-state index contributed by atoms with van der Waals surface area (Å²) in [6.45, 7) is 3.66. The predicted octanol–water partition coefficient (Wildman–Crippen LogP) is 6.98. The van der Waals surface area contributed by atoms with E-state index in [-0.39, 0.29) is 22.0 Å². The van der Waals surface area contributed by atoms with Crippen molar-refractivity contribution >= 4 is 11.6 Å². The van der Waals surface area contributed by atoms with E-state index in [1.165, 1.54) is 12.1 Å². The number of aromatic amines is 1. The average Bonchev–Trinajstić information content (AvgIpc) is 3.21. The normalized spacial score (nSPS) is 13.4. The van der Waals surface area contributed by atoms with E-state index >= 15 is 0 Å². The Bertz CT molecular complexity index is 1510. The van der Waals surface area contributed by atoms with Crippen molar-refractivity contribution in [1.29, 1.82) is 0 Å². The summed E-state index contributed by atoms with van der Waals surface area (Å²) in [5.74, 6) is 2.07. The first kappa shape index (κ1) is 22.1. The topological polar surface area (TPSA) is 37.9 Å². The maximum Gasteiger partial charge on any atom is 0.161 e. The van der Waals surface area contributed by atoms with Crippen molar-refractivity contribution in [3.63, 3.8) is 0 Å². The minimum absolute atomic E-state index is 0.159. The highest BCUT2D eigenvalue weighted by Gasteiger charge is 2.36. The van der Waals surface area contributed by atoms with E-state index < -0.39 is 28.9 Å². The van der Waals surface area contributed by atoms with Crippen LogP contribution >= 0.6 is 11.6 Å². The Balaban J connectivity index is 1.57. The molecule has 4 aromatic rings. The molecule has 34 heavy (non-hydrogen) atoms. The van der Waals surface area contributed by atoms with E-state index in [0.29, 0.717) is 40.4 Å². The molecule has 0 saturated heterocycles. The molecular weight excluding hydrogens is 468 g/mol. The zero-order valence-electron chi connectivity index (χ0n) is 17.9. The molecule has 0 saturated carbocycles. The highest BCUT2D eigenvalue weighted by Crippen LogP contribution is 2.45. The van der Waals surface area contributed by atoms with Gasteiger partial charge >= 0.3 is 0 Å². The van der Waals surface area contributed by atoms with Gasteiger partial charge in [-0.1, -0.05) is 29.5 Å². The van der Waals surface area contributed by atoms with Gasteiger partial charge in [0, 0.05) is 17.2 Å². The Kier molecular flexibility index (Phi) is 5.14. The number of imidazole rings is 1. The fourth-order valence-corrected chi connectivity index (χ4v) is 4.06. The van der Waals surface area contributed by atoms with Crippen LogP contribution in [0.3, 0.4) is 0 Å². The van der Waals surface area contributed by atoms with Crippen molar-refractivity contribution in [2.75, 3.05) is 0 Å². The Morgan fingerprint density at radius 2 is 1.68 bits per heavy atom. The molecule has 1 aromatic heterocycles. The number of rotatable bonds is 1. The molecule has 170 valence electrons. The number of nitrogens with one attached hydrogen (secondary N) is 1. The van der Waals surface area contributed by atoms with Crippen molar-refractivity contribution in [2.24, 2.45) is 0 Å². The first-order valence-corrected chi connectivity index (χ1v) is 10.6. The fraction of sp³-hybridized carbons (Fsp3) is 0.115. The van der Waals surface area contributed by atoms with E-state index in [2.05, 4.69) is 21.8 Å². The molecule has 0 amide bonds. The Labute approximate surface area is 197 Å². The highest BCUT2D eigenvalue weighted by atomic mass is 35.5. The highest BCUT2D eigenvalue weighted by molar-refractivity contribution is 6.33. The molecule has 0 atom stereocenters. The SMILES string of the molecule is CC1(C)Oc2cc(C#Cc3cc(F)c(F)cc3F)ccc2-c2nc(-c3c(F)cccc3Cl)[nH]c21. The van der Waals surface area contributed by atoms with Crippen LogP contribution in [0.2, 0.25) is 5.02 Å². The summed E-state index contributed by atoms with van der Waals surface area (Å²) in [7, 11) is 0. The van der Waals surface area contributed by atoms with E-state index in [9.17, 15) is 17.6 Å². The number of fused-ring (bicyclic) bond motifs is 3. The van der Waals surface area contributed by atoms with Crippen LogP contribution in [0, 0.1) is 35.1 Å². The molecule has 2 heterocycles. The molecular formula is C26H15ClF4N2O. The maximum absolute atomic E-state index is 14.5. The van der Waals surface area contributed by atoms with Crippen molar-refractivity contribution in [3.8, 4) is 40.2 Å². The van der Waals surface area contributed by atoms with Crippen LogP contribution in [0.1, 0.15) is 30.7 Å². The standard InChI is InChI=1S/C26H15ClF4N2O/c1-26(2)24-23(32-25(33-24)22-16(27)4-3-5-17(22)28)15-9-7-13(10-21(15)34-26)6-8-14-11-19(30)20(31)12-18(14)29/h3-5,7,9-12H,1-2H3,(H,32,33). The van der Waals surface area contributed by atoms with Gasteiger partial charge < -0.3 is 9.72 Å². The van der Waals surface area contributed by atoms with Crippen molar-refractivity contribution in [1.82, 2.24) is 9.97 Å². The lowest BCUT2D eigenvalue weighted by Crippen LogP contribution is -2.29. The Morgan fingerprint density at radius 1 is 0.912 bits per heavy atom. The smallest absolute Gasteiger partial charge is 0.161 e. The van der Waals surface area contributed by atoms with E-state index in [1.54, 1.807) is 24.3 Å². The molecule has 1 aliphatic heterocycles. The lowest BCUT2D eigenvalue weighted by Gasteiger charge is -2.31. The largest absolute Gasteiger partial charge is 0.481 e. The Hall–Kier alpha value is -3.76. The monoisotopic (exact) mass is 482 g/mol. The number of hydrogen-bond donors (Lipinski definition) is 1. The van der Waals surface area contributed by atoms with Gasteiger partial charge in [-0.3, -0.25) is 0 Å². The van der Waals surface area contributed by atoms with Crippen LogP contribution in [0.15, 0.2) is 48.5 Å². The minimum Gasteiger partial charge on any atom is -0.481 e. The quantitative estimate of drug-likeness (QED) is 0.180. The van der Waals surface area contributed by atoms with Gasteiger partial charge in [0.2, 0.25) is 0 Å². The van der Waals surface area contributed by atoms with Gasteiger partial charge in [-0.2, -0.15) is 0 Å². The summed E-state index contributed by atoms with van der Waals surface area (Å²) in [6, 6.07) is 10.6. The van der Waals surface area contributed by atoms with Crippen molar-refractivity contribution < 1.29 is 22.3 Å². The van der Waals surface area contributed by atoms with Gasteiger partial charge in [0.05, 0.1) is 27.5 Å². The second-order valence-corrected chi connectivity index (χ2v) is 8.63. The third-order valence-electron chi connectivity index (χ3n) is 5.46. The number of ether oxygens (including phenoxy) is 1. The Morgan fingerprint density at radius 3 is 2.44 bits per heavy atom. The van der Waals surface area contributed by atoms with Gasteiger partial charge in [-0.25, -0.2) is 22.5 Å². The van der Waals surface area contributed by atoms with Crippen LogP contribution in [0.4, 0.5) is 17.6 Å². The molecule has 0 aliphatic carbocycles. The second-order valence-electron chi connectivity index (χ2n) is 8.23. The summed E-state index contributed by atoms with van der Waals surface area (Å²) in [5, 5.41) is 0.222. The minimum atomic E-state index is -1.28. The van der Waals surface area contributed by atoms with Gasteiger partial charge in [0.1, 0.15) is 28.8 Å². The average molecular weight is 483 g/mol. The molecule has 5 rings (SSSR count). The third kappa shape index (κ3) is 3.70. The van der Waals surface area contributed by atoms with E-state index in [0.717, 1.165) is 0 Å². The summed E-state index contributed by atoms with van der Waals surface area (Å²) < 4.78 is 61.1. The molecule has 0 unspecified atom stereocenters. The second kappa shape index (κ2) is 7.93. The lowest BCUT2D eigenvalue weighted by molar-refractivity contribution is 0.101. The number of nitrogens with zero attached hydrogens (tertiary/aromatic N) is 1. The summed E-state index contributed by atoms with van der Waals surface area (Å²) in [6.07, 6.45) is 0. The maximum atomic E-state index is 14.5. The number of halogens is 5. The molecule has 1 aliphatic rings. The first-order valence-electron chi connectivity index (χ1n) is 10.2. The summed E-state index contributed by atoms with van der Waals surface area (Å²) in [4.78, 5) is 7.75. The zero-order valence-corrected chi connectivity index (χ0v) is 18.6. The van der Waals surface area contributed by atoms with Crippen molar-refractivity contribution in [2.45, 2.75) is 19.4 Å². The van der Waals surface area contributed by atoms with Gasteiger partial charge in [0.15, 0.2) is 11.6 Å². The van der Waals surface area contributed by atoms with Gasteiger partial charge in [0.25, 0.3) is 0 Å². The molecule has 0 spiro atoms. The zero-order chi connectivity index (χ0) is 24.2. The number of benzene rings is 3. The molecule has 0 bridgehead atoms. The summed E-state index contributed by atoms with van der Waals surface area (Å²) >= 11 is 6.22. The lowest BCUT2D eigenvalue weighted by atomic mass is 9.94. The molecule has 0 radical (unpaired) electrons. The molecule has 0 fully saturated rings. The first-order chi connectivity index (χ1) is 16.1. The molecule has 3 aromatic carbocycles. The van der Waals surface area contributed by atoms with Crippen LogP contribution in [-0.2, 0) is 5.60 Å². The van der Waals surface area contributed by atoms with Crippen LogP contribution in [0.25, 0.3) is 22.6 Å². The van der Waals surface area contributed by atoms with Crippen LogP contribution < -0.4 is 4.74 Å². The van der Waals surface area contributed by atoms with E-state index in [4.69, 9.17) is 16.3 Å². The van der Waals surface area contributed by atoms with Crippen LogP contribution in [0.5, 0.6) is 5.75 Å². The number of hydrogen-bond acceptors (Lipinski definition) is 2. The third-order valence-corrected chi connectivity index (χ3v) is 5.77. The fourth-order valence-electron chi connectivity index (χ4n) is 3.81.